The molecule has 0 aliphatic heterocycles. The number of rotatable bonds is 7. The topological polar surface area (TPSA) is 106 Å². The molecular weight excluding hydrogens is 334 g/mol. The van der Waals surface area contributed by atoms with Crippen molar-refractivity contribution in [2.24, 2.45) is 9.98 Å². The van der Waals surface area contributed by atoms with E-state index in [9.17, 15) is 4.79 Å². The highest BCUT2D eigenvalue weighted by Crippen LogP contribution is 2.17. The highest BCUT2D eigenvalue weighted by molar-refractivity contribution is 7.98. The lowest BCUT2D eigenvalue weighted by molar-refractivity contribution is -0.106. The van der Waals surface area contributed by atoms with Crippen LogP contribution in [0.1, 0.15) is 10.7 Å². The summed E-state index contributed by atoms with van der Waals surface area (Å²) in [6, 6.07) is 0. The number of guanidine groups is 1. The van der Waals surface area contributed by atoms with E-state index < -0.39 is 0 Å². The Morgan fingerprint density at radius 1 is 1.61 bits per heavy atom. The quantitative estimate of drug-likeness (QED) is 0.241. The Kier molecular flexibility index (Phi) is 8.71. The van der Waals surface area contributed by atoms with E-state index in [4.69, 9.17) is 5.26 Å². The standard InChI is InChI=1S/C13H19N7OS2/c1-15-13(17-8-14)16-4-5-22-6-10-7-23-12(19-10)11(18-9-21)20(2)3/h7,9H,4-6H2,1-3H3,(H2,15,16,17). The lowest BCUT2D eigenvalue weighted by Crippen LogP contribution is -2.35. The van der Waals surface area contributed by atoms with Crippen LogP contribution in [0.3, 0.4) is 0 Å². The van der Waals surface area contributed by atoms with Gasteiger partial charge in [0.15, 0.2) is 10.8 Å². The summed E-state index contributed by atoms with van der Waals surface area (Å²) in [4.78, 5) is 24.2. The maximum Gasteiger partial charge on any atom is 0.234 e. The van der Waals surface area contributed by atoms with Crippen LogP contribution in [0.5, 0.6) is 0 Å². The van der Waals surface area contributed by atoms with Crippen molar-refractivity contribution >= 4 is 41.3 Å². The van der Waals surface area contributed by atoms with E-state index in [0.29, 0.717) is 24.8 Å². The molecule has 8 nitrogen and oxygen atoms in total. The molecule has 23 heavy (non-hydrogen) atoms. The molecule has 1 amide bonds. The lowest BCUT2D eigenvalue weighted by atomic mass is 10.5. The van der Waals surface area contributed by atoms with Crippen molar-refractivity contribution in [2.45, 2.75) is 5.75 Å². The van der Waals surface area contributed by atoms with Gasteiger partial charge in [0, 0.05) is 44.6 Å². The van der Waals surface area contributed by atoms with Gasteiger partial charge in [0.1, 0.15) is 0 Å². The third kappa shape index (κ3) is 6.66. The van der Waals surface area contributed by atoms with Gasteiger partial charge in [-0.15, -0.1) is 16.3 Å². The SMILES string of the molecule is CNC(=NC#N)NCCSCc1csc(C(=NC=O)N(C)C)n1. The Balaban J connectivity index is 2.43. The minimum absolute atomic E-state index is 0.463. The minimum atomic E-state index is 0.463. The number of amides is 1. The molecule has 0 atom stereocenters. The molecule has 1 aromatic rings. The molecule has 0 radical (unpaired) electrons. The molecule has 1 heterocycles. The van der Waals surface area contributed by atoms with E-state index >= 15 is 0 Å². The fourth-order valence-corrected chi connectivity index (χ4v) is 3.29. The first kappa shape index (κ1) is 18.9. The van der Waals surface area contributed by atoms with Crippen LogP contribution < -0.4 is 10.6 Å². The average Bonchev–Trinajstić information content (AvgIpc) is 2.99. The average molecular weight is 353 g/mol. The van der Waals surface area contributed by atoms with Crippen LogP contribution in [0.4, 0.5) is 0 Å². The molecule has 0 spiro atoms. The van der Waals surface area contributed by atoms with E-state index in [2.05, 4.69) is 25.6 Å². The number of carbonyl (C=O) groups is 1. The first-order valence-corrected chi connectivity index (χ1v) is 8.75. The summed E-state index contributed by atoms with van der Waals surface area (Å²) in [5.41, 5.74) is 0.954. The van der Waals surface area contributed by atoms with Gasteiger partial charge in [0.05, 0.1) is 5.69 Å². The Labute approximate surface area is 143 Å². The zero-order chi connectivity index (χ0) is 17.1. The van der Waals surface area contributed by atoms with Crippen molar-refractivity contribution in [2.75, 3.05) is 33.4 Å². The number of thiazole rings is 1. The number of aliphatic imine (C=N–C) groups is 2. The van der Waals surface area contributed by atoms with Crippen LogP contribution in [0.2, 0.25) is 0 Å². The Hall–Kier alpha value is -2.12. The minimum Gasteiger partial charge on any atom is -0.360 e. The van der Waals surface area contributed by atoms with Crippen LogP contribution in [-0.4, -0.2) is 61.5 Å². The van der Waals surface area contributed by atoms with Gasteiger partial charge in [0.25, 0.3) is 0 Å². The molecule has 1 rings (SSSR count). The number of aromatic nitrogens is 1. The van der Waals surface area contributed by atoms with E-state index in [0.717, 1.165) is 22.2 Å². The molecule has 0 aromatic carbocycles. The molecule has 10 heteroatoms. The monoisotopic (exact) mass is 353 g/mol. The highest BCUT2D eigenvalue weighted by Gasteiger charge is 2.11. The number of nitriles is 1. The summed E-state index contributed by atoms with van der Waals surface area (Å²) in [6.45, 7) is 0.693. The molecule has 0 saturated heterocycles. The van der Waals surface area contributed by atoms with Crippen molar-refractivity contribution in [1.29, 1.82) is 5.26 Å². The van der Waals surface area contributed by atoms with Crippen LogP contribution in [0.25, 0.3) is 0 Å². The first-order chi connectivity index (χ1) is 11.1. The zero-order valence-corrected chi connectivity index (χ0v) is 14.9. The predicted octanol–water partition coefficient (Wildman–Crippen LogP) is 0.487. The second-order valence-corrected chi connectivity index (χ2v) is 6.35. The molecule has 0 bridgehead atoms. The lowest BCUT2D eigenvalue weighted by Gasteiger charge is -2.11. The maximum absolute atomic E-state index is 10.6. The maximum atomic E-state index is 10.6. The fraction of sp³-hybridized carbons (Fsp3) is 0.462. The van der Waals surface area contributed by atoms with Gasteiger partial charge in [-0.1, -0.05) is 0 Å². The van der Waals surface area contributed by atoms with Crippen molar-refractivity contribution in [3.8, 4) is 6.19 Å². The Morgan fingerprint density at radius 3 is 3.00 bits per heavy atom. The van der Waals surface area contributed by atoms with Gasteiger partial charge < -0.3 is 15.5 Å². The van der Waals surface area contributed by atoms with E-state index in [1.54, 1.807) is 29.9 Å². The van der Waals surface area contributed by atoms with E-state index in [1.165, 1.54) is 11.3 Å². The largest absolute Gasteiger partial charge is 0.360 e. The number of amidine groups is 1. The number of carbonyl (C=O) groups excluding carboxylic acids is 1. The summed E-state index contributed by atoms with van der Waals surface area (Å²) in [5.74, 6) is 2.64. The first-order valence-electron chi connectivity index (χ1n) is 6.72. The van der Waals surface area contributed by atoms with Crippen molar-refractivity contribution in [1.82, 2.24) is 20.5 Å². The molecule has 0 saturated carbocycles. The van der Waals surface area contributed by atoms with Crippen LogP contribution in [0, 0.1) is 11.5 Å². The third-order valence-corrected chi connectivity index (χ3v) is 4.41. The van der Waals surface area contributed by atoms with Crippen molar-refractivity contribution in [3.63, 3.8) is 0 Å². The molecule has 0 unspecified atom stereocenters. The molecule has 1 aromatic heterocycles. The second kappa shape index (κ2) is 10.6. The Morgan fingerprint density at radius 2 is 2.39 bits per heavy atom. The Bertz CT molecular complexity index is 604. The van der Waals surface area contributed by atoms with Crippen molar-refractivity contribution in [3.05, 3.63) is 16.1 Å². The molecule has 0 fully saturated rings. The molecular formula is C13H19N7OS2. The van der Waals surface area contributed by atoms with Crippen molar-refractivity contribution < 1.29 is 4.79 Å². The summed E-state index contributed by atoms with van der Waals surface area (Å²) in [5, 5.41) is 17.0. The highest BCUT2D eigenvalue weighted by atomic mass is 32.2. The van der Waals surface area contributed by atoms with E-state index in [1.807, 2.05) is 19.5 Å². The zero-order valence-electron chi connectivity index (χ0n) is 13.2. The number of hydrogen-bond donors (Lipinski definition) is 2. The van der Waals surface area contributed by atoms with E-state index in [-0.39, 0.29) is 0 Å². The summed E-state index contributed by atoms with van der Waals surface area (Å²) >= 11 is 3.18. The number of hydrogen-bond acceptors (Lipinski definition) is 6. The van der Waals surface area contributed by atoms with Gasteiger partial charge >= 0.3 is 0 Å². The smallest absolute Gasteiger partial charge is 0.234 e. The van der Waals surface area contributed by atoms with Gasteiger partial charge in [0.2, 0.25) is 18.6 Å². The van der Waals surface area contributed by atoms with Gasteiger partial charge in [-0.2, -0.15) is 22.0 Å². The molecule has 0 aliphatic carbocycles. The fourth-order valence-electron chi connectivity index (χ4n) is 1.54. The summed E-state index contributed by atoms with van der Waals surface area (Å²) in [7, 11) is 5.36. The van der Waals surface area contributed by atoms with Gasteiger partial charge in [-0.05, 0) is 0 Å². The van der Waals surface area contributed by atoms with Gasteiger partial charge in [-0.3, -0.25) is 4.79 Å². The molecule has 0 aliphatic rings. The van der Waals surface area contributed by atoms with Gasteiger partial charge in [-0.25, -0.2) is 4.98 Å². The third-order valence-electron chi connectivity index (χ3n) is 2.53. The number of nitrogens with one attached hydrogen (secondary N) is 2. The predicted molar refractivity (Wildman–Crippen MR) is 94.7 cm³/mol. The molecule has 2 N–H and O–H groups in total. The second-order valence-electron chi connectivity index (χ2n) is 4.39. The van der Waals surface area contributed by atoms with Crippen LogP contribution >= 0.6 is 23.1 Å². The number of nitrogens with zero attached hydrogens (tertiary/aromatic N) is 5. The molecule has 124 valence electrons. The van der Waals surface area contributed by atoms with Crippen LogP contribution in [-0.2, 0) is 10.5 Å². The van der Waals surface area contributed by atoms with Crippen LogP contribution in [0.15, 0.2) is 15.4 Å². The summed E-state index contributed by atoms with van der Waals surface area (Å²) in [6.07, 6.45) is 2.25. The number of thioether (sulfide) groups is 1. The summed E-state index contributed by atoms with van der Waals surface area (Å²) < 4.78 is 0. The normalized spacial score (nSPS) is 11.7.